The maximum absolute atomic E-state index is 12.5. The number of methoxy groups -OCH3 is 1. The van der Waals surface area contributed by atoms with Gasteiger partial charge in [-0.1, -0.05) is 29.8 Å². The minimum atomic E-state index is -1.10. The third kappa shape index (κ3) is 3.93. The minimum absolute atomic E-state index is 0.252. The van der Waals surface area contributed by atoms with Crippen LogP contribution in [0.5, 0.6) is 5.75 Å². The molecule has 112 valence electrons. The molecule has 2 aromatic carbocycles. The highest BCUT2D eigenvalue weighted by Crippen LogP contribution is 2.21. The molecule has 0 heterocycles. The Kier molecular flexibility index (Phi) is 5.15. The van der Waals surface area contributed by atoms with E-state index in [1.807, 2.05) is 56.3 Å². The SMILES string of the molecule is COc1ccc(C(N)CS(=O)c2ccc(C)cc2C)cc1. The maximum Gasteiger partial charge on any atom is 0.118 e. The van der Waals surface area contributed by atoms with E-state index in [9.17, 15) is 4.21 Å². The van der Waals surface area contributed by atoms with Crippen LogP contribution in [-0.2, 0) is 10.8 Å². The van der Waals surface area contributed by atoms with Gasteiger partial charge in [-0.3, -0.25) is 4.21 Å². The first kappa shape index (κ1) is 15.7. The summed E-state index contributed by atoms with van der Waals surface area (Å²) < 4.78 is 17.6. The van der Waals surface area contributed by atoms with Gasteiger partial charge in [0.1, 0.15) is 5.75 Å². The molecule has 0 aliphatic heterocycles. The summed E-state index contributed by atoms with van der Waals surface area (Å²) in [5, 5.41) is 0. The van der Waals surface area contributed by atoms with Crippen LogP contribution in [0, 0.1) is 13.8 Å². The quantitative estimate of drug-likeness (QED) is 0.923. The van der Waals surface area contributed by atoms with E-state index in [0.717, 1.165) is 21.8 Å². The van der Waals surface area contributed by atoms with Crippen LogP contribution in [0.25, 0.3) is 0 Å². The lowest BCUT2D eigenvalue weighted by Gasteiger charge is -2.14. The van der Waals surface area contributed by atoms with E-state index in [0.29, 0.717) is 5.75 Å². The highest BCUT2D eigenvalue weighted by molar-refractivity contribution is 7.85. The van der Waals surface area contributed by atoms with Crippen molar-refractivity contribution >= 4 is 10.8 Å². The van der Waals surface area contributed by atoms with E-state index in [1.165, 1.54) is 5.56 Å². The standard InChI is InChI=1S/C17H21NO2S/c1-12-4-9-17(13(2)10-12)21(19)11-16(18)14-5-7-15(20-3)8-6-14/h4-10,16H,11,18H2,1-3H3. The molecule has 2 atom stereocenters. The topological polar surface area (TPSA) is 52.3 Å². The van der Waals surface area contributed by atoms with Gasteiger partial charge in [-0.2, -0.15) is 0 Å². The van der Waals surface area contributed by atoms with Crippen molar-refractivity contribution in [2.75, 3.05) is 12.9 Å². The van der Waals surface area contributed by atoms with Gasteiger partial charge in [0, 0.05) is 16.7 Å². The van der Waals surface area contributed by atoms with Gasteiger partial charge in [0.05, 0.1) is 17.9 Å². The van der Waals surface area contributed by atoms with Gasteiger partial charge in [-0.25, -0.2) is 0 Å². The molecule has 0 aromatic heterocycles. The fraction of sp³-hybridized carbons (Fsp3) is 0.294. The zero-order valence-corrected chi connectivity index (χ0v) is 13.4. The van der Waals surface area contributed by atoms with Gasteiger partial charge in [0.2, 0.25) is 0 Å². The van der Waals surface area contributed by atoms with Crippen LogP contribution in [-0.4, -0.2) is 17.1 Å². The van der Waals surface area contributed by atoms with Gasteiger partial charge in [-0.15, -0.1) is 0 Å². The van der Waals surface area contributed by atoms with Crippen molar-refractivity contribution in [1.82, 2.24) is 0 Å². The molecular weight excluding hydrogens is 282 g/mol. The molecule has 2 aromatic rings. The highest BCUT2D eigenvalue weighted by atomic mass is 32.2. The Balaban J connectivity index is 2.10. The molecule has 0 amide bonds. The van der Waals surface area contributed by atoms with E-state index in [4.69, 9.17) is 10.5 Å². The molecule has 4 heteroatoms. The predicted molar refractivity (Wildman–Crippen MR) is 87.1 cm³/mol. The van der Waals surface area contributed by atoms with E-state index in [1.54, 1.807) is 7.11 Å². The van der Waals surface area contributed by atoms with Crippen molar-refractivity contribution in [3.63, 3.8) is 0 Å². The summed E-state index contributed by atoms with van der Waals surface area (Å²) in [6.45, 7) is 4.02. The molecule has 0 saturated heterocycles. The molecule has 0 saturated carbocycles. The van der Waals surface area contributed by atoms with Crippen LogP contribution >= 0.6 is 0 Å². The summed E-state index contributed by atoms with van der Waals surface area (Å²) >= 11 is 0. The smallest absolute Gasteiger partial charge is 0.118 e. The van der Waals surface area contributed by atoms with Crippen LogP contribution in [0.15, 0.2) is 47.4 Å². The van der Waals surface area contributed by atoms with Crippen molar-refractivity contribution in [3.8, 4) is 5.75 Å². The Morgan fingerprint density at radius 1 is 1.14 bits per heavy atom. The first-order valence-electron chi connectivity index (χ1n) is 6.86. The number of ether oxygens (including phenoxy) is 1. The Morgan fingerprint density at radius 2 is 1.81 bits per heavy atom. The molecule has 3 nitrogen and oxygen atoms in total. The molecule has 0 radical (unpaired) electrons. The predicted octanol–water partition coefficient (Wildman–Crippen LogP) is 3.12. The minimum Gasteiger partial charge on any atom is -0.497 e. The second kappa shape index (κ2) is 6.87. The summed E-state index contributed by atoms with van der Waals surface area (Å²) in [6.07, 6.45) is 0. The first-order chi connectivity index (χ1) is 10.0. The van der Waals surface area contributed by atoms with Crippen molar-refractivity contribution in [2.45, 2.75) is 24.8 Å². The van der Waals surface area contributed by atoms with E-state index < -0.39 is 10.8 Å². The molecule has 2 N–H and O–H groups in total. The number of benzene rings is 2. The van der Waals surface area contributed by atoms with Crippen molar-refractivity contribution < 1.29 is 8.95 Å². The summed E-state index contributed by atoms with van der Waals surface area (Å²) in [6, 6.07) is 13.3. The van der Waals surface area contributed by atoms with Gasteiger partial charge in [0.25, 0.3) is 0 Å². The van der Waals surface area contributed by atoms with E-state index in [2.05, 4.69) is 0 Å². The molecule has 2 rings (SSSR count). The molecule has 21 heavy (non-hydrogen) atoms. The summed E-state index contributed by atoms with van der Waals surface area (Å²) in [4.78, 5) is 0.865. The van der Waals surface area contributed by atoms with Crippen LogP contribution in [0.1, 0.15) is 22.7 Å². The third-order valence-corrected chi connectivity index (χ3v) is 5.06. The second-order valence-corrected chi connectivity index (χ2v) is 6.62. The van der Waals surface area contributed by atoms with Crippen molar-refractivity contribution in [3.05, 3.63) is 59.2 Å². The van der Waals surface area contributed by atoms with E-state index >= 15 is 0 Å². The molecule has 0 bridgehead atoms. The Morgan fingerprint density at radius 3 is 2.38 bits per heavy atom. The average molecular weight is 303 g/mol. The number of hydrogen-bond donors (Lipinski definition) is 1. The Bertz CT molecular complexity index is 638. The second-order valence-electron chi connectivity index (χ2n) is 5.16. The largest absolute Gasteiger partial charge is 0.497 e. The van der Waals surface area contributed by atoms with Gasteiger partial charge in [-0.05, 0) is 43.2 Å². The molecule has 2 unspecified atom stereocenters. The maximum atomic E-state index is 12.5. The summed E-state index contributed by atoms with van der Waals surface area (Å²) in [5.41, 5.74) is 9.36. The van der Waals surface area contributed by atoms with Crippen molar-refractivity contribution in [2.24, 2.45) is 5.73 Å². The Labute approximate surface area is 128 Å². The van der Waals surface area contributed by atoms with Crippen molar-refractivity contribution in [1.29, 1.82) is 0 Å². The molecule has 0 spiro atoms. The molecule has 0 aliphatic rings. The zero-order chi connectivity index (χ0) is 15.4. The van der Waals surface area contributed by atoms with Crippen LogP contribution in [0.3, 0.4) is 0 Å². The molecule has 0 aliphatic carbocycles. The molecular formula is C17H21NO2S. The fourth-order valence-electron chi connectivity index (χ4n) is 2.25. The Hall–Kier alpha value is -1.65. The van der Waals surface area contributed by atoms with Gasteiger partial charge < -0.3 is 10.5 Å². The van der Waals surface area contributed by atoms with Crippen LogP contribution < -0.4 is 10.5 Å². The third-order valence-electron chi connectivity index (χ3n) is 3.45. The lowest BCUT2D eigenvalue weighted by Crippen LogP contribution is -2.18. The number of hydrogen-bond acceptors (Lipinski definition) is 3. The highest BCUT2D eigenvalue weighted by Gasteiger charge is 2.14. The van der Waals surface area contributed by atoms with Crippen LogP contribution in [0.4, 0.5) is 0 Å². The number of rotatable bonds is 5. The first-order valence-corrected chi connectivity index (χ1v) is 8.18. The average Bonchev–Trinajstić information content (AvgIpc) is 2.47. The summed E-state index contributed by atoms with van der Waals surface area (Å²) in [5.74, 6) is 1.21. The van der Waals surface area contributed by atoms with Gasteiger partial charge in [0.15, 0.2) is 0 Å². The van der Waals surface area contributed by atoms with Gasteiger partial charge >= 0.3 is 0 Å². The van der Waals surface area contributed by atoms with E-state index in [-0.39, 0.29) is 6.04 Å². The monoisotopic (exact) mass is 303 g/mol. The number of nitrogens with two attached hydrogens (primary N) is 1. The normalized spacial score (nSPS) is 13.7. The lowest BCUT2D eigenvalue weighted by atomic mass is 10.1. The number of aryl methyl sites for hydroxylation is 2. The molecule has 0 fully saturated rings. The van der Waals surface area contributed by atoms with Crippen LogP contribution in [0.2, 0.25) is 0 Å². The fourth-order valence-corrected chi connectivity index (χ4v) is 3.59. The summed E-state index contributed by atoms with van der Waals surface area (Å²) in [7, 11) is 0.532. The zero-order valence-electron chi connectivity index (χ0n) is 12.6. The lowest BCUT2D eigenvalue weighted by molar-refractivity contribution is 0.414.